The lowest BCUT2D eigenvalue weighted by Crippen LogP contribution is -2.31. The van der Waals surface area contributed by atoms with Crippen molar-refractivity contribution in [2.75, 3.05) is 0 Å². The molecule has 0 spiro atoms. The van der Waals surface area contributed by atoms with Gasteiger partial charge < -0.3 is 4.42 Å². The van der Waals surface area contributed by atoms with Crippen LogP contribution in [0.3, 0.4) is 0 Å². The Morgan fingerprint density at radius 1 is 0.865 bits per heavy atom. The van der Waals surface area contributed by atoms with E-state index in [1.807, 2.05) is 6.20 Å². The zero-order valence-electron chi connectivity index (χ0n) is 22.8. The maximum absolute atomic E-state index is 6.62. The first-order valence-electron chi connectivity index (χ1n) is 13.2. The zero-order chi connectivity index (χ0) is 26.0. The number of furan rings is 1. The molecule has 0 aliphatic carbocycles. The molecule has 6 rings (SSSR count). The molecule has 0 bridgehead atoms. The second kappa shape index (κ2) is 8.58. The Morgan fingerprint density at radius 3 is 2.32 bits per heavy atom. The minimum atomic E-state index is 0.257. The number of hydrogen-bond donors (Lipinski definition) is 0. The van der Waals surface area contributed by atoms with Crippen LogP contribution in [0.15, 0.2) is 71.3 Å². The van der Waals surface area contributed by atoms with Crippen LogP contribution in [-0.2, 0) is 7.05 Å². The molecule has 0 saturated carbocycles. The van der Waals surface area contributed by atoms with Gasteiger partial charge in [0.1, 0.15) is 16.9 Å². The molecule has 3 aromatic heterocycles. The second-order valence-electron chi connectivity index (χ2n) is 10.8. The maximum atomic E-state index is 6.62. The molecule has 0 saturated heterocycles. The smallest absolute Gasteiger partial charge is 0.297 e. The summed E-state index contributed by atoms with van der Waals surface area (Å²) in [5, 5.41) is 2.37. The molecule has 4 nitrogen and oxygen atoms in total. The van der Waals surface area contributed by atoms with Crippen LogP contribution in [0.1, 0.15) is 61.9 Å². The number of benzene rings is 3. The Morgan fingerprint density at radius 2 is 1.59 bits per heavy atom. The molecule has 0 N–H and O–H groups in total. The van der Waals surface area contributed by atoms with E-state index < -0.39 is 0 Å². The van der Waals surface area contributed by atoms with Gasteiger partial charge in [0.2, 0.25) is 0 Å². The SMILES string of the molecule is Cc1ccnc(C)c1-c1n(-c2c(C(C)C)cc3c(oc4ccccc43)c2C(C)C)c2ccccc2[n+]1C. The van der Waals surface area contributed by atoms with Gasteiger partial charge in [0.25, 0.3) is 5.82 Å². The second-order valence-corrected chi connectivity index (χ2v) is 10.8. The van der Waals surface area contributed by atoms with Crippen LogP contribution in [0.2, 0.25) is 0 Å². The highest BCUT2D eigenvalue weighted by atomic mass is 16.3. The average Bonchev–Trinajstić information content (AvgIpc) is 3.38. The molecule has 186 valence electrons. The van der Waals surface area contributed by atoms with Crippen molar-refractivity contribution in [2.45, 2.75) is 53.4 Å². The van der Waals surface area contributed by atoms with Gasteiger partial charge in [-0.25, -0.2) is 4.57 Å². The minimum absolute atomic E-state index is 0.257. The fraction of sp³-hybridized carbons (Fsp3) is 0.273. The third kappa shape index (κ3) is 3.42. The normalized spacial score (nSPS) is 12.1. The fourth-order valence-electron chi connectivity index (χ4n) is 5.97. The highest BCUT2D eigenvalue weighted by Crippen LogP contribution is 2.44. The van der Waals surface area contributed by atoms with Gasteiger partial charge in [0.15, 0.2) is 11.0 Å². The molecule has 0 amide bonds. The summed E-state index contributed by atoms with van der Waals surface area (Å²) in [6.07, 6.45) is 1.90. The van der Waals surface area contributed by atoms with Crippen molar-refractivity contribution >= 4 is 33.0 Å². The third-order valence-electron chi connectivity index (χ3n) is 7.72. The van der Waals surface area contributed by atoms with Crippen LogP contribution in [0.25, 0.3) is 50.0 Å². The molecule has 4 heteroatoms. The van der Waals surface area contributed by atoms with E-state index in [4.69, 9.17) is 9.40 Å². The van der Waals surface area contributed by atoms with E-state index >= 15 is 0 Å². The molecular formula is C33H34N3O+. The van der Waals surface area contributed by atoms with Crippen LogP contribution < -0.4 is 4.57 Å². The summed E-state index contributed by atoms with van der Waals surface area (Å²) in [4.78, 5) is 4.71. The summed E-state index contributed by atoms with van der Waals surface area (Å²) in [6, 6.07) is 21.6. The third-order valence-corrected chi connectivity index (χ3v) is 7.72. The lowest BCUT2D eigenvalue weighted by Gasteiger charge is -2.19. The van der Waals surface area contributed by atoms with Crippen molar-refractivity contribution < 1.29 is 8.98 Å². The first-order valence-corrected chi connectivity index (χ1v) is 13.2. The molecule has 3 heterocycles. The number of para-hydroxylation sites is 3. The van der Waals surface area contributed by atoms with Crippen LogP contribution in [0.4, 0.5) is 0 Å². The molecule has 6 aromatic rings. The first-order chi connectivity index (χ1) is 17.8. The first kappa shape index (κ1) is 23.5. The van der Waals surface area contributed by atoms with Crippen LogP contribution >= 0.6 is 0 Å². The van der Waals surface area contributed by atoms with Crippen molar-refractivity contribution in [1.29, 1.82) is 0 Å². The molecule has 3 aromatic carbocycles. The quantitative estimate of drug-likeness (QED) is 0.234. The van der Waals surface area contributed by atoms with Crippen molar-refractivity contribution in [3.8, 4) is 17.1 Å². The predicted octanol–water partition coefficient (Wildman–Crippen LogP) is 8.28. The van der Waals surface area contributed by atoms with Gasteiger partial charge in [-0.3, -0.25) is 4.98 Å². The molecule has 0 atom stereocenters. The van der Waals surface area contributed by atoms with Gasteiger partial charge in [-0.15, -0.1) is 0 Å². The number of aromatic nitrogens is 3. The van der Waals surface area contributed by atoms with Crippen LogP contribution in [0.5, 0.6) is 0 Å². The number of hydrogen-bond acceptors (Lipinski definition) is 2. The largest absolute Gasteiger partial charge is 0.456 e. The molecular weight excluding hydrogens is 454 g/mol. The van der Waals surface area contributed by atoms with Crippen molar-refractivity contribution in [3.63, 3.8) is 0 Å². The Balaban J connectivity index is 1.88. The minimum Gasteiger partial charge on any atom is -0.456 e. The Labute approximate surface area is 218 Å². The Hall–Kier alpha value is -3.92. The van der Waals surface area contributed by atoms with Crippen molar-refractivity contribution in [1.82, 2.24) is 9.55 Å². The summed E-state index contributed by atoms with van der Waals surface area (Å²) in [7, 11) is 2.17. The highest BCUT2D eigenvalue weighted by molar-refractivity contribution is 6.07. The molecule has 37 heavy (non-hydrogen) atoms. The van der Waals surface area contributed by atoms with Gasteiger partial charge in [-0.1, -0.05) is 58.0 Å². The van der Waals surface area contributed by atoms with E-state index in [2.05, 4.69) is 118 Å². The van der Waals surface area contributed by atoms with Gasteiger partial charge in [-0.2, -0.15) is 4.57 Å². The molecule has 0 unspecified atom stereocenters. The average molecular weight is 489 g/mol. The summed E-state index contributed by atoms with van der Waals surface area (Å²) in [6.45, 7) is 13.4. The fourth-order valence-corrected chi connectivity index (χ4v) is 5.97. The Bertz CT molecular complexity index is 1800. The van der Waals surface area contributed by atoms with E-state index in [-0.39, 0.29) is 5.92 Å². The van der Waals surface area contributed by atoms with E-state index in [1.54, 1.807) is 0 Å². The summed E-state index contributed by atoms with van der Waals surface area (Å²) in [5.74, 6) is 1.72. The van der Waals surface area contributed by atoms with Gasteiger partial charge >= 0.3 is 0 Å². The number of aryl methyl sites for hydroxylation is 3. The molecule has 0 aliphatic heterocycles. The summed E-state index contributed by atoms with van der Waals surface area (Å²) in [5.41, 5.74) is 11.5. The number of pyridine rings is 1. The maximum Gasteiger partial charge on any atom is 0.297 e. The lowest BCUT2D eigenvalue weighted by atomic mass is 9.89. The summed E-state index contributed by atoms with van der Waals surface area (Å²) >= 11 is 0. The number of fused-ring (bicyclic) bond motifs is 4. The van der Waals surface area contributed by atoms with E-state index in [1.165, 1.54) is 49.7 Å². The zero-order valence-corrected chi connectivity index (χ0v) is 22.8. The number of imidazole rings is 1. The van der Waals surface area contributed by atoms with E-state index in [0.29, 0.717) is 5.92 Å². The molecule has 0 radical (unpaired) electrons. The van der Waals surface area contributed by atoms with E-state index in [9.17, 15) is 0 Å². The van der Waals surface area contributed by atoms with Crippen LogP contribution in [0, 0.1) is 13.8 Å². The standard InChI is InChI=1S/C33H34N3O/c1-19(2)24-18-25-23-12-8-11-15-28(23)37-32(25)29(20(3)4)31(24)36-27-14-10-9-13-26(27)35(7)33(36)30-21(5)16-17-34-22(30)6/h8-20H,1-7H3/q+1. The molecule has 0 aliphatic rings. The van der Waals surface area contributed by atoms with Gasteiger partial charge in [-0.05, 0) is 61.6 Å². The van der Waals surface area contributed by atoms with Crippen molar-refractivity contribution in [3.05, 3.63) is 89.2 Å². The van der Waals surface area contributed by atoms with Crippen LogP contribution in [-0.4, -0.2) is 9.55 Å². The number of nitrogens with zero attached hydrogens (tertiary/aromatic N) is 3. The summed E-state index contributed by atoms with van der Waals surface area (Å²) < 4.78 is 11.4. The van der Waals surface area contributed by atoms with Gasteiger partial charge in [0, 0.05) is 28.1 Å². The number of rotatable bonds is 4. The highest BCUT2D eigenvalue weighted by Gasteiger charge is 2.34. The van der Waals surface area contributed by atoms with E-state index in [0.717, 1.165) is 22.7 Å². The monoisotopic (exact) mass is 488 g/mol. The molecule has 0 fully saturated rings. The lowest BCUT2D eigenvalue weighted by molar-refractivity contribution is -0.633. The van der Waals surface area contributed by atoms with Crippen molar-refractivity contribution in [2.24, 2.45) is 7.05 Å². The Kier molecular flexibility index (Phi) is 5.45. The van der Waals surface area contributed by atoms with Gasteiger partial charge in [0.05, 0.1) is 18.3 Å². The predicted molar refractivity (Wildman–Crippen MR) is 153 cm³/mol. The topological polar surface area (TPSA) is 34.8 Å².